The molecule has 14 aromatic rings. The highest BCUT2D eigenvalue weighted by atomic mass is 15.2. The predicted octanol–water partition coefficient (Wildman–Crippen LogP) is 16.4. The van der Waals surface area contributed by atoms with Crippen molar-refractivity contribution in [1.29, 1.82) is 0 Å². The highest BCUT2D eigenvalue weighted by Crippen LogP contribution is 2.58. The van der Waals surface area contributed by atoms with Gasteiger partial charge in [-0.05, 0) is 126 Å². The Kier molecular flexibility index (Phi) is 10.5. The van der Waals surface area contributed by atoms with Crippen LogP contribution < -0.4 is 21.3 Å². The van der Waals surface area contributed by atoms with Crippen molar-refractivity contribution in [1.82, 2.24) is 14.5 Å². The summed E-state index contributed by atoms with van der Waals surface area (Å²) >= 11 is 0. The minimum Gasteiger partial charge on any atom is -0.308 e. The summed E-state index contributed by atoms with van der Waals surface area (Å²) in [4.78, 5) is 12.5. The van der Waals surface area contributed by atoms with Crippen molar-refractivity contribution in [2.45, 2.75) is 5.41 Å². The standard InChI is InChI=1S/C75H49BN4/c1-6-23-50(24-7-1)58-35-22-36-62-71-69(52-43-45-77-46-44-52)59-33-16-17-34-60(59)70(51-25-8-2-9-26-51)73(71)76(72(58)62)55-41-42-61-67(47-55)79(56-31-14-5-15-32-56)68-48-57(49-78-74(61)68)80-65-39-20-18-37-63(65)75(53-27-10-3-11-28-53,54-29-12-4-13-30-54)64-38-19-21-40-66(64)80/h1-49H. The second-order valence-electron chi connectivity index (χ2n) is 21.1. The van der Waals surface area contributed by atoms with Crippen LogP contribution in [0.15, 0.2) is 298 Å². The molecular weight excluding hydrogens is 968 g/mol. The number of rotatable bonds is 8. The smallest absolute Gasteiger partial charge is 0.244 e. The van der Waals surface area contributed by atoms with E-state index < -0.39 is 5.41 Å². The van der Waals surface area contributed by atoms with Gasteiger partial charge in [0.05, 0.1) is 45.2 Å². The van der Waals surface area contributed by atoms with Gasteiger partial charge >= 0.3 is 0 Å². The molecule has 0 atom stereocenters. The number of aromatic nitrogens is 3. The Morgan fingerprint density at radius 2 is 0.900 bits per heavy atom. The Balaban J connectivity index is 0.971. The van der Waals surface area contributed by atoms with Gasteiger partial charge in [0.25, 0.3) is 0 Å². The van der Waals surface area contributed by atoms with Crippen LogP contribution in [-0.2, 0) is 5.41 Å². The fraction of sp³-hybridized carbons (Fsp3) is 0.0133. The van der Waals surface area contributed by atoms with Gasteiger partial charge in [0.2, 0.25) is 6.71 Å². The third-order valence-electron chi connectivity index (χ3n) is 17.1. The van der Waals surface area contributed by atoms with Gasteiger partial charge in [-0.3, -0.25) is 9.97 Å². The molecule has 3 aromatic heterocycles. The second-order valence-corrected chi connectivity index (χ2v) is 21.1. The van der Waals surface area contributed by atoms with Crippen molar-refractivity contribution in [3.05, 3.63) is 320 Å². The van der Waals surface area contributed by atoms with Crippen molar-refractivity contribution in [3.8, 4) is 50.2 Å². The van der Waals surface area contributed by atoms with Gasteiger partial charge in [0, 0.05) is 23.5 Å². The van der Waals surface area contributed by atoms with Gasteiger partial charge < -0.3 is 9.47 Å². The lowest BCUT2D eigenvalue weighted by Gasteiger charge is -2.46. The molecule has 5 heteroatoms. The lowest BCUT2D eigenvalue weighted by Crippen LogP contribution is -2.50. The van der Waals surface area contributed by atoms with Crippen LogP contribution in [0, 0.1) is 0 Å². The molecule has 2 aliphatic heterocycles. The molecular formula is C75H49BN4. The van der Waals surface area contributed by atoms with Gasteiger partial charge in [-0.15, -0.1) is 0 Å². The first-order valence-corrected chi connectivity index (χ1v) is 27.6. The number of anilines is 3. The largest absolute Gasteiger partial charge is 0.308 e. The third-order valence-corrected chi connectivity index (χ3v) is 17.1. The molecule has 0 radical (unpaired) electrons. The van der Waals surface area contributed by atoms with Gasteiger partial charge in [-0.1, -0.05) is 247 Å². The molecule has 0 amide bonds. The Labute approximate surface area is 465 Å². The molecule has 4 nitrogen and oxygen atoms in total. The molecule has 0 unspecified atom stereocenters. The Hall–Kier alpha value is -10.4. The molecule has 80 heavy (non-hydrogen) atoms. The highest BCUT2D eigenvalue weighted by Gasteiger charge is 2.47. The van der Waals surface area contributed by atoms with E-state index >= 15 is 0 Å². The summed E-state index contributed by atoms with van der Waals surface area (Å²) in [5.41, 5.74) is 25.3. The zero-order valence-corrected chi connectivity index (χ0v) is 43.7. The van der Waals surface area contributed by atoms with Crippen LogP contribution in [0.5, 0.6) is 0 Å². The number of hydrogen-bond acceptors (Lipinski definition) is 3. The lowest BCUT2D eigenvalue weighted by molar-refractivity contribution is 0.731. The van der Waals surface area contributed by atoms with Crippen LogP contribution in [0.1, 0.15) is 22.3 Å². The molecule has 0 fully saturated rings. The topological polar surface area (TPSA) is 34.0 Å². The van der Waals surface area contributed by atoms with E-state index in [1.807, 2.05) is 12.4 Å². The first kappa shape index (κ1) is 45.8. The summed E-state index contributed by atoms with van der Waals surface area (Å²) in [6, 6.07) is 103. The van der Waals surface area contributed by atoms with Crippen LogP contribution >= 0.6 is 0 Å². The molecule has 0 spiro atoms. The van der Waals surface area contributed by atoms with Crippen LogP contribution in [0.2, 0.25) is 0 Å². The van der Waals surface area contributed by atoms with Crippen molar-refractivity contribution in [2.24, 2.45) is 0 Å². The lowest BCUT2D eigenvalue weighted by atomic mass is 9.37. The predicted molar refractivity (Wildman–Crippen MR) is 333 cm³/mol. The maximum Gasteiger partial charge on any atom is 0.244 e. The quantitative estimate of drug-likeness (QED) is 0.142. The molecule has 11 aromatic carbocycles. The molecule has 0 aliphatic carbocycles. The summed E-state index contributed by atoms with van der Waals surface area (Å²) in [6.45, 7) is -0.150. The van der Waals surface area contributed by atoms with E-state index in [4.69, 9.17) is 4.98 Å². The van der Waals surface area contributed by atoms with Crippen LogP contribution in [0.3, 0.4) is 0 Å². The summed E-state index contributed by atoms with van der Waals surface area (Å²) in [7, 11) is 0. The monoisotopic (exact) mass is 1020 g/mol. The summed E-state index contributed by atoms with van der Waals surface area (Å²) in [6.07, 6.45) is 5.94. The van der Waals surface area contributed by atoms with Crippen LogP contribution in [-0.4, -0.2) is 21.2 Å². The Bertz CT molecular complexity index is 4610. The maximum absolute atomic E-state index is 5.55. The van der Waals surface area contributed by atoms with Gasteiger partial charge in [0.15, 0.2) is 0 Å². The first-order chi connectivity index (χ1) is 39.8. The average Bonchev–Trinajstić information content (AvgIpc) is 3.44. The Morgan fingerprint density at radius 1 is 0.362 bits per heavy atom. The number of nitrogens with zero attached hydrogens (tertiary/aromatic N) is 4. The highest BCUT2D eigenvalue weighted by molar-refractivity contribution is 7.01. The SMILES string of the molecule is c1ccc(-c2cccc3c2B(c2ccc4c5ncc(N6c7ccccc7C(c7ccccc7)(c7ccccc7)c7ccccc76)cc5n(-c5ccccc5)c4c2)c2c-3c(-c3ccncc3)c3ccccc3c2-c2ccccc2)cc1. The third kappa shape index (κ3) is 6.77. The summed E-state index contributed by atoms with van der Waals surface area (Å²) in [5, 5.41) is 3.55. The molecule has 0 saturated heterocycles. The minimum atomic E-state index is -0.581. The Morgan fingerprint density at radius 3 is 1.55 bits per heavy atom. The van der Waals surface area contributed by atoms with Gasteiger partial charge in [0.1, 0.15) is 0 Å². The van der Waals surface area contributed by atoms with E-state index in [1.54, 1.807) is 0 Å². The second kappa shape index (κ2) is 18.4. The number of para-hydroxylation sites is 3. The minimum absolute atomic E-state index is 0.150. The fourth-order valence-corrected chi connectivity index (χ4v) is 13.9. The van der Waals surface area contributed by atoms with E-state index in [0.717, 1.165) is 50.2 Å². The maximum atomic E-state index is 5.55. The number of benzene rings is 11. The summed E-state index contributed by atoms with van der Waals surface area (Å²) in [5.74, 6) is 0. The van der Waals surface area contributed by atoms with Gasteiger partial charge in [-0.2, -0.15) is 0 Å². The van der Waals surface area contributed by atoms with Crippen molar-refractivity contribution < 1.29 is 0 Å². The number of pyridine rings is 2. The molecule has 16 rings (SSSR count). The van der Waals surface area contributed by atoms with E-state index in [0.29, 0.717) is 0 Å². The van der Waals surface area contributed by atoms with E-state index in [-0.39, 0.29) is 6.71 Å². The van der Waals surface area contributed by atoms with Crippen LogP contribution in [0.4, 0.5) is 17.1 Å². The average molecular weight is 1020 g/mol. The molecule has 0 bridgehead atoms. The van der Waals surface area contributed by atoms with Gasteiger partial charge in [-0.25, -0.2) is 0 Å². The summed E-state index contributed by atoms with van der Waals surface area (Å²) < 4.78 is 2.45. The molecule has 372 valence electrons. The normalized spacial score (nSPS) is 13.1. The fourth-order valence-electron chi connectivity index (χ4n) is 13.9. The van der Waals surface area contributed by atoms with E-state index in [1.165, 1.54) is 88.4 Å². The molecule has 0 N–H and O–H groups in total. The van der Waals surface area contributed by atoms with Crippen molar-refractivity contribution >= 4 is 72.9 Å². The van der Waals surface area contributed by atoms with E-state index in [9.17, 15) is 0 Å². The number of fused-ring (bicyclic) bond motifs is 9. The first-order valence-electron chi connectivity index (χ1n) is 27.6. The zero-order valence-electron chi connectivity index (χ0n) is 43.7. The van der Waals surface area contributed by atoms with Crippen LogP contribution in [0.25, 0.3) is 82.9 Å². The zero-order chi connectivity index (χ0) is 52.7. The number of hydrogen-bond donors (Lipinski definition) is 0. The molecule has 2 aliphatic rings. The van der Waals surface area contributed by atoms with Crippen molar-refractivity contribution in [2.75, 3.05) is 4.90 Å². The molecule has 5 heterocycles. The molecule has 0 saturated carbocycles. The van der Waals surface area contributed by atoms with Crippen molar-refractivity contribution in [3.63, 3.8) is 0 Å². The van der Waals surface area contributed by atoms with E-state index in [2.05, 4.69) is 300 Å².